The Labute approximate surface area is 114 Å². The van der Waals surface area contributed by atoms with Crippen LogP contribution in [0, 0.1) is 0 Å². The van der Waals surface area contributed by atoms with Gasteiger partial charge < -0.3 is 20.5 Å². The molecule has 0 spiro atoms. The van der Waals surface area contributed by atoms with Crippen LogP contribution in [0.5, 0.6) is 5.75 Å². The van der Waals surface area contributed by atoms with Crippen molar-refractivity contribution in [1.82, 2.24) is 0 Å². The molecule has 0 heterocycles. The van der Waals surface area contributed by atoms with Crippen molar-refractivity contribution in [2.24, 2.45) is 10.7 Å². The molecule has 5 heteroatoms. The fraction of sp³-hybridized carbons (Fsp3) is 0.500. The molecule has 0 unspecified atom stereocenters. The molecule has 0 aliphatic carbocycles. The minimum absolute atomic E-state index is 0.257. The van der Waals surface area contributed by atoms with Crippen molar-refractivity contribution in [2.75, 3.05) is 25.6 Å². The number of guanidine groups is 1. The lowest BCUT2D eigenvalue weighted by molar-refractivity contribution is 0.0783. The van der Waals surface area contributed by atoms with Crippen molar-refractivity contribution in [2.45, 2.75) is 26.4 Å². The van der Waals surface area contributed by atoms with Crippen LogP contribution < -0.4 is 15.8 Å². The smallest absolute Gasteiger partial charge is 0.193 e. The molecule has 106 valence electrons. The summed E-state index contributed by atoms with van der Waals surface area (Å²) in [6, 6.07) is 7.57. The molecule has 0 atom stereocenters. The monoisotopic (exact) mass is 265 g/mol. The maximum Gasteiger partial charge on any atom is 0.193 e. The number of aliphatic imine (C=N–C) groups is 1. The minimum atomic E-state index is 0.257. The molecule has 3 N–H and O–H groups in total. The summed E-state index contributed by atoms with van der Waals surface area (Å²) in [7, 11) is 1.62. The molecule has 0 saturated carbocycles. The number of rotatable bonds is 7. The first-order valence-corrected chi connectivity index (χ1v) is 6.45. The lowest BCUT2D eigenvalue weighted by Crippen LogP contribution is -2.23. The van der Waals surface area contributed by atoms with Crippen LogP contribution in [0.25, 0.3) is 0 Å². The van der Waals surface area contributed by atoms with Gasteiger partial charge in [-0.1, -0.05) is 12.1 Å². The molecular formula is C14H23N3O2. The Balaban J connectivity index is 2.39. The zero-order chi connectivity index (χ0) is 14.1. The van der Waals surface area contributed by atoms with E-state index >= 15 is 0 Å². The number of nitrogens with one attached hydrogen (secondary N) is 1. The van der Waals surface area contributed by atoms with Crippen molar-refractivity contribution in [3.63, 3.8) is 0 Å². The topological polar surface area (TPSA) is 68.9 Å². The van der Waals surface area contributed by atoms with Gasteiger partial charge in [0.15, 0.2) is 5.96 Å². The van der Waals surface area contributed by atoms with Gasteiger partial charge in [-0.05, 0) is 32.4 Å². The second-order valence-corrected chi connectivity index (χ2v) is 4.37. The Kier molecular flexibility index (Phi) is 6.74. The van der Waals surface area contributed by atoms with Crippen LogP contribution >= 0.6 is 0 Å². The van der Waals surface area contributed by atoms with Crippen molar-refractivity contribution in [3.8, 4) is 5.75 Å². The summed E-state index contributed by atoms with van der Waals surface area (Å²) in [6.45, 7) is 5.37. The Bertz CT molecular complexity index is 405. The molecule has 1 aromatic rings. The summed E-state index contributed by atoms with van der Waals surface area (Å²) in [4.78, 5) is 4.24. The van der Waals surface area contributed by atoms with Crippen LogP contribution in [0.15, 0.2) is 29.3 Å². The molecule has 0 radical (unpaired) electrons. The molecule has 0 saturated heterocycles. The zero-order valence-corrected chi connectivity index (χ0v) is 11.8. The number of ether oxygens (including phenoxy) is 2. The molecule has 1 aromatic carbocycles. The summed E-state index contributed by atoms with van der Waals surface area (Å²) in [5.41, 5.74) is 6.62. The number of nitrogens with two attached hydrogens (primary N) is 1. The van der Waals surface area contributed by atoms with Crippen LogP contribution in [0.4, 0.5) is 5.69 Å². The molecule has 1 rings (SSSR count). The highest BCUT2D eigenvalue weighted by atomic mass is 16.5. The first kappa shape index (κ1) is 15.3. The first-order chi connectivity index (χ1) is 9.13. The molecular weight excluding hydrogens is 242 g/mol. The van der Waals surface area contributed by atoms with E-state index in [0.29, 0.717) is 19.1 Å². The number of hydrogen-bond donors (Lipinski definition) is 2. The summed E-state index contributed by atoms with van der Waals surface area (Å²) < 4.78 is 10.7. The Morgan fingerprint density at radius 3 is 2.79 bits per heavy atom. The largest absolute Gasteiger partial charge is 0.495 e. The van der Waals surface area contributed by atoms with Gasteiger partial charge in [0.2, 0.25) is 0 Å². The van der Waals surface area contributed by atoms with Crippen molar-refractivity contribution >= 4 is 11.6 Å². The second kappa shape index (κ2) is 8.37. The molecule has 0 amide bonds. The summed E-state index contributed by atoms with van der Waals surface area (Å²) in [5.74, 6) is 1.12. The lowest BCUT2D eigenvalue weighted by atomic mass is 10.3. The van der Waals surface area contributed by atoms with Crippen molar-refractivity contribution in [3.05, 3.63) is 24.3 Å². The summed E-state index contributed by atoms with van der Waals surface area (Å²) in [6.07, 6.45) is 1.11. The number of anilines is 1. The van der Waals surface area contributed by atoms with Crippen LogP contribution in [-0.2, 0) is 4.74 Å². The molecule has 0 bridgehead atoms. The number of methoxy groups -OCH3 is 1. The highest BCUT2D eigenvalue weighted by molar-refractivity contribution is 5.93. The number of benzene rings is 1. The Morgan fingerprint density at radius 1 is 1.37 bits per heavy atom. The molecule has 0 aromatic heterocycles. The predicted molar refractivity (Wildman–Crippen MR) is 78.8 cm³/mol. The van der Waals surface area contributed by atoms with Crippen molar-refractivity contribution < 1.29 is 9.47 Å². The van der Waals surface area contributed by atoms with Gasteiger partial charge in [0.1, 0.15) is 5.75 Å². The number of para-hydroxylation sites is 2. The minimum Gasteiger partial charge on any atom is -0.495 e. The molecule has 19 heavy (non-hydrogen) atoms. The standard InChI is InChI=1S/C14H23N3O2/c1-11(2)19-10-6-9-16-14(15)17-12-7-4-5-8-13(12)18-3/h4-5,7-8,11H,6,9-10H2,1-3H3,(H3,15,16,17). The van der Waals surface area contributed by atoms with Crippen LogP contribution in [0.1, 0.15) is 20.3 Å². The number of nitrogens with zero attached hydrogens (tertiary/aromatic N) is 1. The first-order valence-electron chi connectivity index (χ1n) is 6.45. The van der Waals surface area contributed by atoms with E-state index in [1.54, 1.807) is 7.11 Å². The zero-order valence-electron chi connectivity index (χ0n) is 11.8. The van der Waals surface area contributed by atoms with Gasteiger partial charge in [-0.25, -0.2) is 0 Å². The highest BCUT2D eigenvalue weighted by Crippen LogP contribution is 2.22. The fourth-order valence-corrected chi connectivity index (χ4v) is 1.51. The number of hydrogen-bond acceptors (Lipinski definition) is 3. The Hall–Kier alpha value is -1.75. The van der Waals surface area contributed by atoms with Crippen LogP contribution in [-0.4, -0.2) is 32.3 Å². The third-order valence-corrected chi connectivity index (χ3v) is 2.41. The van der Waals surface area contributed by atoms with E-state index in [-0.39, 0.29) is 6.10 Å². The quantitative estimate of drug-likeness (QED) is 0.450. The maximum atomic E-state index is 5.81. The third kappa shape index (κ3) is 6.10. The van der Waals surface area contributed by atoms with Gasteiger partial charge in [0, 0.05) is 13.2 Å². The van der Waals surface area contributed by atoms with Gasteiger partial charge >= 0.3 is 0 Å². The lowest BCUT2D eigenvalue weighted by Gasteiger charge is -2.10. The molecule has 5 nitrogen and oxygen atoms in total. The van der Waals surface area contributed by atoms with E-state index in [4.69, 9.17) is 15.2 Å². The van der Waals surface area contributed by atoms with Gasteiger partial charge in [-0.2, -0.15) is 0 Å². The molecule has 0 aliphatic rings. The predicted octanol–water partition coefficient (Wildman–Crippen LogP) is 2.24. The van der Waals surface area contributed by atoms with E-state index in [1.807, 2.05) is 38.1 Å². The van der Waals surface area contributed by atoms with Gasteiger partial charge in [0.25, 0.3) is 0 Å². The fourth-order valence-electron chi connectivity index (χ4n) is 1.51. The van der Waals surface area contributed by atoms with Gasteiger partial charge in [-0.3, -0.25) is 4.99 Å². The van der Waals surface area contributed by atoms with E-state index < -0.39 is 0 Å². The van der Waals surface area contributed by atoms with Crippen LogP contribution in [0.2, 0.25) is 0 Å². The van der Waals surface area contributed by atoms with E-state index in [9.17, 15) is 0 Å². The highest BCUT2D eigenvalue weighted by Gasteiger charge is 2.01. The van der Waals surface area contributed by atoms with Crippen molar-refractivity contribution in [1.29, 1.82) is 0 Å². The maximum absolute atomic E-state index is 5.81. The third-order valence-electron chi connectivity index (χ3n) is 2.41. The van der Waals surface area contributed by atoms with Gasteiger partial charge in [0.05, 0.1) is 18.9 Å². The van der Waals surface area contributed by atoms with E-state index in [1.165, 1.54) is 0 Å². The Morgan fingerprint density at radius 2 is 2.11 bits per heavy atom. The van der Waals surface area contributed by atoms with E-state index in [0.717, 1.165) is 17.9 Å². The van der Waals surface area contributed by atoms with Gasteiger partial charge in [-0.15, -0.1) is 0 Å². The molecule has 0 aliphatic heterocycles. The second-order valence-electron chi connectivity index (χ2n) is 4.37. The average Bonchev–Trinajstić information content (AvgIpc) is 2.38. The summed E-state index contributed by atoms with van der Waals surface area (Å²) in [5, 5.41) is 3.02. The van der Waals surface area contributed by atoms with E-state index in [2.05, 4.69) is 10.3 Å². The average molecular weight is 265 g/mol. The summed E-state index contributed by atoms with van der Waals surface area (Å²) >= 11 is 0. The normalized spacial score (nSPS) is 11.7. The SMILES string of the molecule is COc1ccccc1NC(N)=NCCCOC(C)C. The molecule has 0 fully saturated rings. The van der Waals surface area contributed by atoms with Crippen LogP contribution in [0.3, 0.4) is 0 Å².